The Kier molecular flexibility index (Phi) is 6.53. The highest BCUT2D eigenvalue weighted by molar-refractivity contribution is 5.99. The molecule has 1 aliphatic rings. The molecule has 0 fully saturated rings. The SMILES string of the molecule is CN(C)CC1CCc2cc(NC(=O)Nc3cccc(Oc4ccccc4)c3)ccc2C1. The van der Waals surface area contributed by atoms with Crippen LogP contribution < -0.4 is 15.4 Å². The van der Waals surface area contributed by atoms with E-state index in [9.17, 15) is 4.79 Å². The summed E-state index contributed by atoms with van der Waals surface area (Å²) in [6.07, 6.45) is 3.35. The number of para-hydroxylation sites is 1. The smallest absolute Gasteiger partial charge is 0.323 e. The summed E-state index contributed by atoms with van der Waals surface area (Å²) in [5, 5.41) is 5.84. The number of carbonyl (C=O) groups is 1. The highest BCUT2D eigenvalue weighted by Gasteiger charge is 2.19. The molecule has 2 N–H and O–H groups in total. The van der Waals surface area contributed by atoms with Crippen LogP contribution in [0.25, 0.3) is 0 Å². The highest BCUT2D eigenvalue weighted by atomic mass is 16.5. The second-order valence-corrected chi connectivity index (χ2v) is 8.38. The number of hydrogen-bond acceptors (Lipinski definition) is 3. The van der Waals surface area contributed by atoms with Crippen molar-refractivity contribution < 1.29 is 9.53 Å². The summed E-state index contributed by atoms with van der Waals surface area (Å²) in [6.45, 7) is 1.12. The maximum absolute atomic E-state index is 12.5. The molecule has 0 aliphatic heterocycles. The summed E-state index contributed by atoms with van der Waals surface area (Å²) in [4.78, 5) is 14.8. The van der Waals surface area contributed by atoms with Gasteiger partial charge in [0.2, 0.25) is 0 Å². The predicted octanol–water partition coefficient (Wildman–Crippen LogP) is 5.79. The third kappa shape index (κ3) is 5.86. The summed E-state index contributed by atoms with van der Waals surface area (Å²) >= 11 is 0. The van der Waals surface area contributed by atoms with Crippen molar-refractivity contribution in [3.05, 3.63) is 83.9 Å². The standard InChI is InChI=1S/C26H29N3O2/c1-29(2)18-19-11-12-21-16-23(14-13-20(21)15-19)28-26(30)27-22-7-6-10-25(17-22)31-24-8-4-3-5-9-24/h3-10,13-14,16-17,19H,11-12,15,18H2,1-2H3,(H2,27,28,30). The molecule has 3 aromatic carbocycles. The van der Waals surface area contributed by atoms with E-state index in [1.165, 1.54) is 17.5 Å². The summed E-state index contributed by atoms with van der Waals surface area (Å²) in [6, 6.07) is 22.9. The van der Waals surface area contributed by atoms with E-state index < -0.39 is 0 Å². The Balaban J connectivity index is 1.36. The number of urea groups is 1. The van der Waals surface area contributed by atoms with Crippen LogP contribution in [0.1, 0.15) is 17.5 Å². The quantitative estimate of drug-likeness (QED) is 0.536. The molecule has 0 saturated carbocycles. The first-order chi connectivity index (χ1) is 15.0. The Hall–Kier alpha value is -3.31. The number of carbonyl (C=O) groups excluding carboxylic acids is 1. The number of ether oxygens (including phenoxy) is 1. The summed E-state index contributed by atoms with van der Waals surface area (Å²) in [7, 11) is 4.26. The van der Waals surface area contributed by atoms with Gasteiger partial charge in [0.15, 0.2) is 0 Å². The molecule has 1 unspecified atom stereocenters. The minimum atomic E-state index is -0.266. The predicted molar refractivity (Wildman–Crippen MR) is 126 cm³/mol. The van der Waals surface area contributed by atoms with Crippen molar-refractivity contribution in [3.8, 4) is 11.5 Å². The van der Waals surface area contributed by atoms with Gasteiger partial charge in [-0.05, 0) is 86.8 Å². The van der Waals surface area contributed by atoms with Crippen molar-refractivity contribution in [1.82, 2.24) is 4.90 Å². The van der Waals surface area contributed by atoms with Crippen LogP contribution in [0.5, 0.6) is 11.5 Å². The van der Waals surface area contributed by atoms with Crippen LogP contribution in [0.3, 0.4) is 0 Å². The monoisotopic (exact) mass is 415 g/mol. The van der Waals surface area contributed by atoms with E-state index >= 15 is 0 Å². The molecular formula is C26H29N3O2. The van der Waals surface area contributed by atoms with E-state index in [1.54, 1.807) is 0 Å². The number of nitrogens with zero attached hydrogens (tertiary/aromatic N) is 1. The van der Waals surface area contributed by atoms with E-state index in [0.717, 1.165) is 30.8 Å². The fourth-order valence-electron chi connectivity index (χ4n) is 4.14. The Labute approximate surface area is 184 Å². The van der Waals surface area contributed by atoms with Gasteiger partial charge in [-0.25, -0.2) is 4.79 Å². The topological polar surface area (TPSA) is 53.6 Å². The van der Waals surface area contributed by atoms with Crippen molar-refractivity contribution in [2.45, 2.75) is 19.3 Å². The van der Waals surface area contributed by atoms with Crippen LogP contribution in [0.15, 0.2) is 72.8 Å². The Morgan fingerprint density at radius 3 is 2.42 bits per heavy atom. The molecule has 4 rings (SSSR count). The maximum Gasteiger partial charge on any atom is 0.323 e. The van der Waals surface area contributed by atoms with Crippen LogP contribution in [0, 0.1) is 5.92 Å². The zero-order valence-electron chi connectivity index (χ0n) is 18.1. The van der Waals surface area contributed by atoms with Gasteiger partial charge < -0.3 is 20.3 Å². The lowest BCUT2D eigenvalue weighted by molar-refractivity contribution is 0.262. The highest BCUT2D eigenvalue weighted by Crippen LogP contribution is 2.28. The number of anilines is 2. The first kappa shape index (κ1) is 20.9. The average Bonchev–Trinajstić information content (AvgIpc) is 2.74. The molecule has 0 heterocycles. The molecule has 31 heavy (non-hydrogen) atoms. The largest absolute Gasteiger partial charge is 0.457 e. The first-order valence-electron chi connectivity index (χ1n) is 10.7. The van der Waals surface area contributed by atoms with Crippen molar-refractivity contribution in [2.24, 2.45) is 5.92 Å². The molecule has 0 aromatic heterocycles. The van der Waals surface area contributed by atoms with Crippen LogP contribution in [0.2, 0.25) is 0 Å². The lowest BCUT2D eigenvalue weighted by Crippen LogP contribution is -2.26. The Morgan fingerprint density at radius 1 is 0.903 bits per heavy atom. The zero-order chi connectivity index (χ0) is 21.6. The van der Waals surface area contributed by atoms with Crippen LogP contribution in [-0.2, 0) is 12.8 Å². The third-order valence-corrected chi connectivity index (χ3v) is 5.49. The van der Waals surface area contributed by atoms with Crippen molar-refractivity contribution in [3.63, 3.8) is 0 Å². The molecule has 2 amide bonds. The summed E-state index contributed by atoms with van der Waals surface area (Å²) in [5.74, 6) is 2.13. The molecule has 1 aliphatic carbocycles. The van der Waals surface area contributed by atoms with E-state index in [4.69, 9.17) is 4.74 Å². The molecule has 0 spiro atoms. The molecule has 5 heteroatoms. The molecule has 160 valence electrons. The van der Waals surface area contributed by atoms with Crippen LogP contribution in [0.4, 0.5) is 16.2 Å². The second-order valence-electron chi connectivity index (χ2n) is 8.38. The molecular weight excluding hydrogens is 386 g/mol. The van der Waals surface area contributed by atoms with Gasteiger partial charge >= 0.3 is 6.03 Å². The van der Waals surface area contributed by atoms with Crippen LogP contribution in [-0.4, -0.2) is 31.6 Å². The lowest BCUT2D eigenvalue weighted by atomic mass is 9.83. The number of benzene rings is 3. The Morgan fingerprint density at radius 2 is 1.65 bits per heavy atom. The van der Waals surface area contributed by atoms with Gasteiger partial charge in [-0.2, -0.15) is 0 Å². The average molecular weight is 416 g/mol. The molecule has 5 nitrogen and oxygen atoms in total. The number of fused-ring (bicyclic) bond motifs is 1. The summed E-state index contributed by atoms with van der Waals surface area (Å²) < 4.78 is 5.84. The summed E-state index contributed by atoms with van der Waals surface area (Å²) in [5.41, 5.74) is 4.23. The van der Waals surface area contributed by atoms with Gasteiger partial charge in [0.1, 0.15) is 11.5 Å². The van der Waals surface area contributed by atoms with E-state index in [1.807, 2.05) is 60.7 Å². The number of hydrogen-bond donors (Lipinski definition) is 2. The molecule has 3 aromatic rings. The van der Waals surface area contributed by atoms with E-state index in [0.29, 0.717) is 17.4 Å². The Bertz CT molecular complexity index is 1030. The van der Waals surface area contributed by atoms with Gasteiger partial charge in [-0.15, -0.1) is 0 Å². The number of amides is 2. The maximum atomic E-state index is 12.5. The van der Waals surface area contributed by atoms with Crippen molar-refractivity contribution in [1.29, 1.82) is 0 Å². The number of aryl methyl sites for hydroxylation is 1. The van der Waals surface area contributed by atoms with E-state index in [-0.39, 0.29) is 6.03 Å². The minimum absolute atomic E-state index is 0.266. The second kappa shape index (κ2) is 9.67. The number of rotatable bonds is 6. The fraction of sp³-hybridized carbons (Fsp3) is 0.269. The van der Waals surface area contributed by atoms with Gasteiger partial charge in [-0.1, -0.05) is 30.3 Å². The van der Waals surface area contributed by atoms with Gasteiger partial charge in [-0.3, -0.25) is 0 Å². The number of nitrogens with one attached hydrogen (secondary N) is 2. The van der Waals surface area contributed by atoms with Gasteiger partial charge in [0, 0.05) is 24.0 Å². The van der Waals surface area contributed by atoms with Crippen molar-refractivity contribution >= 4 is 17.4 Å². The minimum Gasteiger partial charge on any atom is -0.457 e. The van der Waals surface area contributed by atoms with Gasteiger partial charge in [0.25, 0.3) is 0 Å². The molecule has 0 radical (unpaired) electrons. The first-order valence-corrected chi connectivity index (χ1v) is 10.7. The fourth-order valence-corrected chi connectivity index (χ4v) is 4.14. The van der Waals surface area contributed by atoms with Crippen LogP contribution >= 0.6 is 0 Å². The van der Waals surface area contributed by atoms with Gasteiger partial charge in [0.05, 0.1) is 0 Å². The molecule has 0 bridgehead atoms. The lowest BCUT2D eigenvalue weighted by Gasteiger charge is -2.27. The normalized spacial score (nSPS) is 15.3. The van der Waals surface area contributed by atoms with Crippen molar-refractivity contribution in [2.75, 3.05) is 31.3 Å². The third-order valence-electron chi connectivity index (χ3n) is 5.49. The molecule has 1 atom stereocenters. The van der Waals surface area contributed by atoms with E-state index in [2.05, 4.69) is 41.8 Å². The zero-order valence-corrected chi connectivity index (χ0v) is 18.1. The molecule has 0 saturated heterocycles.